The number of carboxylic acid groups (broad SMARTS) is 1. The van der Waals surface area contributed by atoms with Crippen LogP contribution in [0.15, 0.2) is 36.0 Å². The number of anilines is 1. The summed E-state index contributed by atoms with van der Waals surface area (Å²) in [6.07, 6.45) is 1.81. The highest BCUT2D eigenvalue weighted by atomic mass is 32.1. The zero-order valence-electron chi connectivity index (χ0n) is 17.1. The molecule has 0 aromatic carbocycles. The number of aliphatic carboxylic acids is 1. The van der Waals surface area contributed by atoms with E-state index in [4.69, 9.17) is 14.6 Å². The van der Waals surface area contributed by atoms with E-state index in [9.17, 15) is 13.2 Å². The number of rotatable bonds is 4. The lowest BCUT2D eigenvalue weighted by molar-refractivity contribution is -0.192. The van der Waals surface area contributed by atoms with Crippen LogP contribution in [0, 0.1) is 0 Å². The molecular weight excluding hydrogens is 433 g/mol. The van der Waals surface area contributed by atoms with Crippen LogP contribution in [0.4, 0.5) is 19.1 Å². The molecule has 7 nitrogen and oxygen atoms in total. The van der Waals surface area contributed by atoms with Gasteiger partial charge in [-0.2, -0.15) is 13.2 Å². The molecule has 2 aliphatic heterocycles. The van der Waals surface area contributed by atoms with Crippen LogP contribution in [0.1, 0.15) is 24.1 Å². The lowest BCUT2D eigenvalue weighted by atomic mass is 9.87. The van der Waals surface area contributed by atoms with E-state index in [2.05, 4.69) is 44.3 Å². The first-order valence-electron chi connectivity index (χ1n) is 9.87. The SMILES string of the molecule is CN(Cc1cccs1)C1COC2(CCN(c3ncccn3)CC2)C1.O=C(O)C(F)(F)F. The Hall–Kier alpha value is -2.24. The van der Waals surface area contributed by atoms with Gasteiger partial charge in [0.25, 0.3) is 0 Å². The highest BCUT2D eigenvalue weighted by molar-refractivity contribution is 7.09. The Balaban J connectivity index is 0.000000339. The normalized spacial score (nSPS) is 20.5. The number of carbonyl (C=O) groups is 1. The Morgan fingerprint density at radius 1 is 1.32 bits per heavy atom. The number of halogens is 3. The molecular formula is C20H25F3N4O3S. The fraction of sp³-hybridized carbons (Fsp3) is 0.550. The van der Waals surface area contributed by atoms with Crippen LogP contribution in [0.25, 0.3) is 0 Å². The Bertz CT molecular complexity index is 828. The predicted octanol–water partition coefficient (Wildman–Crippen LogP) is 3.43. The molecule has 2 aliphatic rings. The van der Waals surface area contributed by atoms with Crippen molar-refractivity contribution in [2.45, 2.75) is 43.6 Å². The van der Waals surface area contributed by atoms with Crippen molar-refractivity contribution in [1.82, 2.24) is 14.9 Å². The van der Waals surface area contributed by atoms with Crippen molar-refractivity contribution in [1.29, 1.82) is 0 Å². The van der Waals surface area contributed by atoms with E-state index in [-0.39, 0.29) is 5.60 Å². The zero-order chi connectivity index (χ0) is 22.5. The number of likely N-dealkylation sites (N-methyl/N-ethyl adjacent to an activating group) is 1. The zero-order valence-corrected chi connectivity index (χ0v) is 17.9. The fourth-order valence-electron chi connectivity index (χ4n) is 3.80. The predicted molar refractivity (Wildman–Crippen MR) is 110 cm³/mol. The van der Waals surface area contributed by atoms with Crippen molar-refractivity contribution in [2.75, 3.05) is 31.6 Å². The van der Waals surface area contributed by atoms with Crippen LogP contribution in [0.5, 0.6) is 0 Å². The molecule has 4 heterocycles. The van der Waals surface area contributed by atoms with Crippen LogP contribution in [0.3, 0.4) is 0 Å². The van der Waals surface area contributed by atoms with Gasteiger partial charge in [-0.05, 0) is 43.8 Å². The van der Waals surface area contributed by atoms with Crippen molar-refractivity contribution < 1.29 is 27.8 Å². The summed E-state index contributed by atoms with van der Waals surface area (Å²) < 4.78 is 38.0. The molecule has 11 heteroatoms. The van der Waals surface area contributed by atoms with Gasteiger partial charge in [0.2, 0.25) is 5.95 Å². The molecule has 2 aromatic heterocycles. The van der Waals surface area contributed by atoms with E-state index < -0.39 is 12.1 Å². The summed E-state index contributed by atoms with van der Waals surface area (Å²) in [5.41, 5.74) is 0.0552. The van der Waals surface area contributed by atoms with Crippen LogP contribution < -0.4 is 4.90 Å². The number of aromatic nitrogens is 2. The van der Waals surface area contributed by atoms with Crippen LogP contribution in [-0.4, -0.2) is 70.5 Å². The molecule has 170 valence electrons. The first-order chi connectivity index (χ1) is 14.7. The van der Waals surface area contributed by atoms with Crippen molar-refractivity contribution >= 4 is 23.3 Å². The van der Waals surface area contributed by atoms with Crippen molar-refractivity contribution in [3.05, 3.63) is 40.8 Å². The van der Waals surface area contributed by atoms with Gasteiger partial charge in [0.1, 0.15) is 0 Å². The summed E-state index contributed by atoms with van der Waals surface area (Å²) in [6, 6.07) is 6.72. The summed E-state index contributed by atoms with van der Waals surface area (Å²) in [7, 11) is 2.22. The maximum atomic E-state index is 10.6. The van der Waals surface area contributed by atoms with E-state index in [1.165, 1.54) is 4.88 Å². The van der Waals surface area contributed by atoms with Gasteiger partial charge in [-0.1, -0.05) is 6.07 Å². The Labute approximate surface area is 182 Å². The molecule has 1 atom stereocenters. The molecule has 1 spiro atoms. The second-order valence-electron chi connectivity index (χ2n) is 7.69. The quantitative estimate of drug-likeness (QED) is 0.752. The standard InChI is InChI=1S/C18H24N4OS.C2HF3O2/c1-21(13-16-4-2-11-24-16)15-12-18(23-14-15)5-9-22(10-6-18)17-19-7-3-8-20-17;3-2(4,5)1(6)7/h2-4,7-8,11,15H,5-6,9-10,12-14H2,1H3;(H,6,7). The molecule has 2 saturated heterocycles. The molecule has 2 aromatic rings. The van der Waals surface area contributed by atoms with E-state index in [0.29, 0.717) is 6.04 Å². The van der Waals surface area contributed by atoms with Crippen molar-refractivity contribution in [3.63, 3.8) is 0 Å². The van der Waals surface area contributed by atoms with Gasteiger partial charge in [-0.25, -0.2) is 14.8 Å². The molecule has 0 saturated carbocycles. The van der Waals surface area contributed by atoms with Gasteiger partial charge in [0.05, 0.1) is 12.2 Å². The third-order valence-electron chi connectivity index (χ3n) is 5.55. The van der Waals surface area contributed by atoms with E-state index in [1.807, 2.05) is 29.8 Å². The lowest BCUT2D eigenvalue weighted by Crippen LogP contribution is -2.45. The van der Waals surface area contributed by atoms with Crippen LogP contribution in [0.2, 0.25) is 0 Å². The summed E-state index contributed by atoms with van der Waals surface area (Å²) in [5.74, 6) is -1.91. The van der Waals surface area contributed by atoms with E-state index >= 15 is 0 Å². The number of alkyl halides is 3. The molecule has 0 bridgehead atoms. The Morgan fingerprint density at radius 2 is 1.97 bits per heavy atom. The average molecular weight is 459 g/mol. The topological polar surface area (TPSA) is 78.8 Å². The number of thiophene rings is 1. The summed E-state index contributed by atoms with van der Waals surface area (Å²) in [6.45, 7) is 3.83. The summed E-state index contributed by atoms with van der Waals surface area (Å²) in [5, 5.41) is 9.27. The first-order valence-corrected chi connectivity index (χ1v) is 10.8. The molecule has 0 aliphatic carbocycles. The van der Waals surface area contributed by atoms with Crippen LogP contribution >= 0.6 is 11.3 Å². The molecule has 2 fully saturated rings. The minimum absolute atomic E-state index is 0.0552. The number of hydrogen-bond donors (Lipinski definition) is 1. The second-order valence-corrected chi connectivity index (χ2v) is 8.72. The molecule has 4 rings (SSSR count). The molecule has 0 radical (unpaired) electrons. The van der Waals surface area contributed by atoms with Gasteiger partial charge in [0.15, 0.2) is 0 Å². The minimum Gasteiger partial charge on any atom is -0.475 e. The Morgan fingerprint density at radius 3 is 2.52 bits per heavy atom. The summed E-state index contributed by atoms with van der Waals surface area (Å²) in [4.78, 5) is 23.8. The van der Waals surface area contributed by atoms with Gasteiger partial charge in [0, 0.05) is 42.9 Å². The molecule has 1 N–H and O–H groups in total. The fourth-order valence-corrected chi connectivity index (χ4v) is 4.57. The van der Waals surface area contributed by atoms with Crippen LogP contribution in [-0.2, 0) is 16.1 Å². The molecule has 31 heavy (non-hydrogen) atoms. The monoisotopic (exact) mass is 458 g/mol. The maximum Gasteiger partial charge on any atom is 0.490 e. The molecule has 1 unspecified atom stereocenters. The Kier molecular flexibility index (Phi) is 7.50. The third-order valence-corrected chi connectivity index (χ3v) is 6.41. The van der Waals surface area contributed by atoms with Gasteiger partial charge in [-0.3, -0.25) is 4.90 Å². The maximum absolute atomic E-state index is 10.6. The second kappa shape index (κ2) is 9.92. The minimum atomic E-state index is -5.08. The first kappa shape index (κ1) is 23.4. The number of ether oxygens (including phenoxy) is 1. The number of hydrogen-bond acceptors (Lipinski definition) is 7. The summed E-state index contributed by atoms with van der Waals surface area (Å²) >= 11 is 1.83. The van der Waals surface area contributed by atoms with Crippen molar-refractivity contribution in [3.8, 4) is 0 Å². The van der Waals surface area contributed by atoms with Crippen molar-refractivity contribution in [2.24, 2.45) is 0 Å². The highest BCUT2D eigenvalue weighted by Crippen LogP contribution is 2.38. The largest absolute Gasteiger partial charge is 0.490 e. The third kappa shape index (κ3) is 6.37. The highest BCUT2D eigenvalue weighted by Gasteiger charge is 2.44. The van der Waals surface area contributed by atoms with Gasteiger partial charge >= 0.3 is 12.1 Å². The lowest BCUT2D eigenvalue weighted by Gasteiger charge is -2.38. The number of piperidine rings is 1. The smallest absolute Gasteiger partial charge is 0.475 e. The van der Waals surface area contributed by atoms with E-state index in [1.54, 1.807) is 0 Å². The number of carboxylic acids is 1. The average Bonchev–Trinajstić information content (AvgIpc) is 3.39. The van der Waals surface area contributed by atoms with Gasteiger partial charge in [-0.15, -0.1) is 11.3 Å². The van der Waals surface area contributed by atoms with E-state index in [0.717, 1.165) is 51.5 Å². The van der Waals surface area contributed by atoms with Gasteiger partial charge < -0.3 is 14.7 Å². The number of nitrogens with zero attached hydrogens (tertiary/aromatic N) is 4. The molecule has 0 amide bonds.